The number of carbonyl (C=O) groups is 1. The van der Waals surface area contributed by atoms with E-state index in [0.29, 0.717) is 22.7 Å². The van der Waals surface area contributed by atoms with Gasteiger partial charge in [0.25, 0.3) is 5.91 Å². The minimum atomic E-state index is -0.132. The van der Waals surface area contributed by atoms with Gasteiger partial charge in [0.1, 0.15) is 5.01 Å². The smallest absolute Gasteiger partial charge is 0.257 e. The Hall–Kier alpha value is -1.21. The van der Waals surface area contributed by atoms with Gasteiger partial charge in [0.05, 0.1) is 0 Å². The predicted molar refractivity (Wildman–Crippen MR) is 112 cm³/mol. The Morgan fingerprint density at radius 3 is 2.62 bits per heavy atom. The summed E-state index contributed by atoms with van der Waals surface area (Å²) in [6, 6.07) is 8.41. The number of hydrogen-bond acceptors (Lipinski definition) is 5. The first-order chi connectivity index (χ1) is 11.3. The van der Waals surface area contributed by atoms with Crippen molar-refractivity contribution in [1.29, 1.82) is 0 Å². The molecule has 1 heterocycles. The van der Waals surface area contributed by atoms with Crippen molar-refractivity contribution in [2.24, 2.45) is 5.41 Å². The lowest BCUT2D eigenvalue weighted by Gasteiger charge is -2.18. The molecule has 2 atom stereocenters. The molecule has 5 nitrogen and oxygen atoms in total. The summed E-state index contributed by atoms with van der Waals surface area (Å²) in [6.07, 6.45) is 1.14. The van der Waals surface area contributed by atoms with Crippen molar-refractivity contribution < 1.29 is 4.79 Å². The topological polar surface area (TPSA) is 66.9 Å². The maximum Gasteiger partial charge on any atom is 0.257 e. The van der Waals surface area contributed by atoms with Crippen LogP contribution in [0, 0.1) is 12.3 Å². The number of aryl methyl sites for hydroxylation is 1. The lowest BCUT2D eigenvalue weighted by molar-refractivity contribution is 0.102. The molecule has 2 aromatic rings. The van der Waals surface area contributed by atoms with Gasteiger partial charge in [-0.15, -0.1) is 35.0 Å². The SMILES string of the molecule is Cc1nnc(NC(=O)c2cccc(C3CC3NCC(C)(C)C)c2)s1.Cl.Cl. The predicted octanol–water partition coefficient (Wildman–Crippen LogP) is 4.43. The Labute approximate surface area is 171 Å². The maximum absolute atomic E-state index is 12.4. The van der Waals surface area contributed by atoms with Crippen LogP contribution in [0.3, 0.4) is 0 Å². The van der Waals surface area contributed by atoms with Gasteiger partial charge in [-0.2, -0.15) is 0 Å². The molecule has 2 N–H and O–H groups in total. The number of anilines is 1. The molecule has 8 heteroatoms. The Balaban J connectivity index is 0.00000169. The molecule has 0 aliphatic heterocycles. The van der Waals surface area contributed by atoms with Crippen LogP contribution in [0.1, 0.15) is 54.0 Å². The average molecular weight is 417 g/mol. The molecule has 1 aromatic heterocycles. The lowest BCUT2D eigenvalue weighted by atomic mass is 9.97. The van der Waals surface area contributed by atoms with E-state index < -0.39 is 0 Å². The van der Waals surface area contributed by atoms with E-state index in [2.05, 4.69) is 47.7 Å². The van der Waals surface area contributed by atoms with Crippen LogP contribution >= 0.6 is 36.2 Å². The molecular weight excluding hydrogens is 391 g/mol. The minimum absolute atomic E-state index is 0. The van der Waals surface area contributed by atoms with Crippen LogP contribution in [0.2, 0.25) is 0 Å². The van der Waals surface area contributed by atoms with Crippen molar-refractivity contribution in [3.05, 3.63) is 40.4 Å². The van der Waals surface area contributed by atoms with E-state index in [0.717, 1.165) is 18.0 Å². The van der Waals surface area contributed by atoms with Crippen molar-refractivity contribution in [3.8, 4) is 0 Å². The fourth-order valence-corrected chi connectivity index (χ4v) is 3.24. The van der Waals surface area contributed by atoms with E-state index in [1.54, 1.807) is 0 Å². The van der Waals surface area contributed by atoms with Gasteiger partial charge in [0.15, 0.2) is 0 Å². The number of nitrogens with zero attached hydrogens (tertiary/aromatic N) is 2. The van der Waals surface area contributed by atoms with Gasteiger partial charge in [-0.05, 0) is 36.5 Å². The van der Waals surface area contributed by atoms with Gasteiger partial charge in [0, 0.05) is 24.1 Å². The maximum atomic E-state index is 12.4. The van der Waals surface area contributed by atoms with E-state index >= 15 is 0 Å². The molecule has 26 heavy (non-hydrogen) atoms. The molecule has 0 radical (unpaired) electrons. The zero-order chi connectivity index (χ0) is 17.3. The van der Waals surface area contributed by atoms with Gasteiger partial charge in [-0.3, -0.25) is 10.1 Å². The normalized spacial score (nSPS) is 18.5. The number of aromatic nitrogens is 2. The summed E-state index contributed by atoms with van der Waals surface area (Å²) in [5, 5.41) is 15.7. The van der Waals surface area contributed by atoms with Gasteiger partial charge in [-0.25, -0.2) is 0 Å². The van der Waals surface area contributed by atoms with Crippen molar-refractivity contribution in [1.82, 2.24) is 15.5 Å². The fourth-order valence-electron chi connectivity index (χ4n) is 2.65. The summed E-state index contributed by atoms with van der Waals surface area (Å²) in [4.78, 5) is 12.4. The quantitative estimate of drug-likeness (QED) is 0.755. The van der Waals surface area contributed by atoms with Crippen LogP contribution in [0.4, 0.5) is 5.13 Å². The first-order valence-corrected chi connectivity index (χ1v) is 9.08. The molecule has 0 spiro atoms. The first kappa shape index (κ1) is 22.8. The zero-order valence-electron chi connectivity index (χ0n) is 15.4. The second-order valence-electron chi connectivity index (χ2n) is 7.60. The molecular formula is C18H26Cl2N4OS. The molecule has 0 bridgehead atoms. The summed E-state index contributed by atoms with van der Waals surface area (Å²) < 4.78 is 0. The molecule has 1 fully saturated rings. The van der Waals surface area contributed by atoms with Gasteiger partial charge < -0.3 is 5.32 Å². The third-order valence-electron chi connectivity index (χ3n) is 4.01. The second kappa shape index (κ2) is 9.13. The zero-order valence-corrected chi connectivity index (χ0v) is 17.9. The van der Waals surface area contributed by atoms with Crippen molar-refractivity contribution >= 4 is 47.2 Å². The van der Waals surface area contributed by atoms with Gasteiger partial charge in [0.2, 0.25) is 5.13 Å². The van der Waals surface area contributed by atoms with Crippen LogP contribution in [-0.2, 0) is 0 Å². The largest absolute Gasteiger partial charge is 0.313 e. The number of benzene rings is 1. The number of carbonyl (C=O) groups excluding carboxylic acids is 1. The van der Waals surface area contributed by atoms with Crippen LogP contribution in [-0.4, -0.2) is 28.7 Å². The highest BCUT2D eigenvalue weighted by Gasteiger charge is 2.38. The molecule has 1 aliphatic rings. The van der Waals surface area contributed by atoms with Crippen molar-refractivity contribution in [3.63, 3.8) is 0 Å². The number of halogens is 2. The van der Waals surface area contributed by atoms with Crippen molar-refractivity contribution in [2.45, 2.75) is 46.1 Å². The molecule has 1 saturated carbocycles. The van der Waals surface area contributed by atoms with E-state index in [4.69, 9.17) is 0 Å². The summed E-state index contributed by atoms with van der Waals surface area (Å²) in [7, 11) is 0. The minimum Gasteiger partial charge on any atom is -0.313 e. The Morgan fingerprint density at radius 1 is 1.27 bits per heavy atom. The highest BCUT2D eigenvalue weighted by atomic mass is 35.5. The summed E-state index contributed by atoms with van der Waals surface area (Å²) in [5.41, 5.74) is 2.18. The Bertz CT molecular complexity index is 745. The Morgan fingerprint density at radius 2 is 2.00 bits per heavy atom. The molecule has 1 amide bonds. The van der Waals surface area contributed by atoms with Crippen molar-refractivity contribution in [2.75, 3.05) is 11.9 Å². The Kier molecular flexibility index (Phi) is 8.02. The summed E-state index contributed by atoms with van der Waals surface area (Å²) in [6.45, 7) is 9.57. The van der Waals surface area contributed by atoms with Crippen LogP contribution < -0.4 is 10.6 Å². The summed E-state index contributed by atoms with van der Waals surface area (Å²) in [5.74, 6) is 0.372. The highest BCUT2D eigenvalue weighted by molar-refractivity contribution is 7.15. The number of nitrogens with one attached hydrogen (secondary N) is 2. The van der Waals surface area contributed by atoms with Crippen LogP contribution in [0.15, 0.2) is 24.3 Å². The number of rotatable bonds is 5. The number of hydrogen-bond donors (Lipinski definition) is 2. The van der Waals surface area contributed by atoms with E-state index in [-0.39, 0.29) is 36.1 Å². The molecule has 0 saturated heterocycles. The molecule has 3 rings (SSSR count). The lowest BCUT2D eigenvalue weighted by Crippen LogP contribution is -2.29. The summed E-state index contributed by atoms with van der Waals surface area (Å²) >= 11 is 1.38. The third kappa shape index (κ3) is 6.20. The molecule has 144 valence electrons. The highest BCUT2D eigenvalue weighted by Crippen LogP contribution is 2.41. The van der Waals surface area contributed by atoms with Crippen LogP contribution in [0.5, 0.6) is 0 Å². The second-order valence-corrected chi connectivity index (χ2v) is 8.78. The molecule has 2 unspecified atom stereocenters. The number of amides is 1. The van der Waals surface area contributed by atoms with Crippen LogP contribution in [0.25, 0.3) is 0 Å². The first-order valence-electron chi connectivity index (χ1n) is 8.27. The van der Waals surface area contributed by atoms with E-state index in [1.807, 2.05) is 25.1 Å². The van der Waals surface area contributed by atoms with Gasteiger partial charge >= 0.3 is 0 Å². The fraction of sp³-hybridized carbons (Fsp3) is 0.500. The third-order valence-corrected chi connectivity index (χ3v) is 4.76. The molecule has 1 aliphatic carbocycles. The van der Waals surface area contributed by atoms with Gasteiger partial charge in [-0.1, -0.05) is 44.2 Å². The van der Waals surface area contributed by atoms with E-state index in [9.17, 15) is 4.79 Å². The monoisotopic (exact) mass is 416 g/mol. The standard InChI is InChI=1S/C18H24N4OS.2ClH/c1-11-21-22-17(24-11)20-16(23)13-7-5-6-12(8-13)14-9-15(14)19-10-18(2,3)4;;/h5-8,14-15,19H,9-10H2,1-4H3,(H,20,22,23);2*1H. The average Bonchev–Trinajstić information content (AvgIpc) is 3.20. The van der Waals surface area contributed by atoms with E-state index in [1.165, 1.54) is 16.9 Å². The molecule has 1 aromatic carbocycles.